The van der Waals surface area contributed by atoms with Crippen LogP contribution in [0.2, 0.25) is 5.02 Å². The molecule has 98 valence electrons. The molecule has 1 aromatic heterocycles. The Kier molecular flexibility index (Phi) is 3.93. The minimum absolute atomic E-state index is 0.260. The standard InChI is InChI=1S/C11H13ClN2O2S2/c1-7(6-13)14-18(15,16)11-5-8-4-9(12)2-3-10(8)17-11/h2-5,7,14H,6,13H2,1H3/t7-/m0/s1. The van der Waals surface area contributed by atoms with E-state index in [1.807, 2.05) is 6.07 Å². The van der Waals surface area contributed by atoms with Gasteiger partial charge in [0, 0.05) is 22.3 Å². The molecule has 0 amide bonds. The molecule has 4 nitrogen and oxygen atoms in total. The molecule has 18 heavy (non-hydrogen) atoms. The number of fused-ring (bicyclic) bond motifs is 1. The second-order valence-corrected chi connectivity index (χ2v) is 7.47. The minimum Gasteiger partial charge on any atom is -0.329 e. The average molecular weight is 305 g/mol. The zero-order chi connectivity index (χ0) is 13.3. The highest BCUT2D eigenvalue weighted by Crippen LogP contribution is 2.30. The van der Waals surface area contributed by atoms with Crippen LogP contribution in [0.4, 0.5) is 0 Å². The Bertz CT molecular complexity index is 667. The summed E-state index contributed by atoms with van der Waals surface area (Å²) in [6.07, 6.45) is 0. The molecule has 2 rings (SSSR count). The normalized spacial score (nSPS) is 13.9. The van der Waals surface area contributed by atoms with E-state index in [9.17, 15) is 8.42 Å². The molecular weight excluding hydrogens is 292 g/mol. The van der Waals surface area contributed by atoms with Crippen molar-refractivity contribution in [2.45, 2.75) is 17.2 Å². The van der Waals surface area contributed by atoms with Gasteiger partial charge in [0.25, 0.3) is 0 Å². The van der Waals surface area contributed by atoms with Crippen molar-refractivity contribution in [1.82, 2.24) is 4.72 Å². The van der Waals surface area contributed by atoms with Crippen molar-refractivity contribution in [3.63, 3.8) is 0 Å². The molecule has 0 aliphatic heterocycles. The number of hydrogen-bond acceptors (Lipinski definition) is 4. The monoisotopic (exact) mass is 304 g/mol. The van der Waals surface area contributed by atoms with E-state index in [4.69, 9.17) is 17.3 Å². The van der Waals surface area contributed by atoms with Gasteiger partial charge in [0.15, 0.2) is 0 Å². The molecule has 0 spiro atoms. The fraction of sp³-hybridized carbons (Fsp3) is 0.273. The highest BCUT2D eigenvalue weighted by molar-refractivity contribution is 7.91. The summed E-state index contributed by atoms with van der Waals surface area (Å²) >= 11 is 7.09. The number of benzene rings is 1. The van der Waals surface area contributed by atoms with Gasteiger partial charge in [0.1, 0.15) is 4.21 Å². The summed E-state index contributed by atoms with van der Waals surface area (Å²) in [5.41, 5.74) is 5.41. The Labute approximate surface area is 115 Å². The Morgan fingerprint density at radius 3 is 2.83 bits per heavy atom. The lowest BCUT2D eigenvalue weighted by atomic mass is 10.3. The summed E-state index contributed by atoms with van der Waals surface area (Å²) in [5.74, 6) is 0. The van der Waals surface area contributed by atoms with Gasteiger partial charge in [-0.2, -0.15) is 0 Å². The lowest BCUT2D eigenvalue weighted by Gasteiger charge is -2.09. The maximum Gasteiger partial charge on any atom is 0.250 e. The first-order valence-corrected chi connectivity index (χ1v) is 8.01. The fourth-order valence-corrected chi connectivity index (χ4v) is 4.33. The Morgan fingerprint density at radius 1 is 1.44 bits per heavy atom. The van der Waals surface area contributed by atoms with Crippen LogP contribution in [0.5, 0.6) is 0 Å². The molecule has 0 aliphatic rings. The van der Waals surface area contributed by atoms with Gasteiger partial charge < -0.3 is 5.73 Å². The van der Waals surface area contributed by atoms with Crippen molar-refractivity contribution in [1.29, 1.82) is 0 Å². The predicted octanol–water partition coefficient (Wildman–Crippen LogP) is 2.18. The van der Waals surface area contributed by atoms with Crippen LogP contribution in [0.3, 0.4) is 0 Å². The summed E-state index contributed by atoms with van der Waals surface area (Å²) in [7, 11) is -3.50. The smallest absolute Gasteiger partial charge is 0.250 e. The van der Waals surface area contributed by atoms with Gasteiger partial charge in [0.2, 0.25) is 10.0 Å². The van der Waals surface area contributed by atoms with Crippen molar-refractivity contribution in [3.8, 4) is 0 Å². The lowest BCUT2D eigenvalue weighted by Crippen LogP contribution is -2.37. The van der Waals surface area contributed by atoms with Gasteiger partial charge in [-0.25, -0.2) is 13.1 Å². The van der Waals surface area contributed by atoms with E-state index in [2.05, 4.69) is 4.72 Å². The Balaban J connectivity index is 2.42. The molecule has 7 heteroatoms. The molecule has 0 saturated carbocycles. The molecule has 1 aromatic carbocycles. The number of hydrogen-bond donors (Lipinski definition) is 2. The quantitative estimate of drug-likeness (QED) is 0.909. The molecule has 0 unspecified atom stereocenters. The third-order valence-corrected chi connectivity index (χ3v) is 5.84. The summed E-state index contributed by atoms with van der Waals surface area (Å²) in [6, 6.07) is 6.64. The van der Waals surface area contributed by atoms with Gasteiger partial charge in [-0.15, -0.1) is 11.3 Å². The van der Waals surface area contributed by atoms with Crippen molar-refractivity contribution in [3.05, 3.63) is 29.3 Å². The number of nitrogens with two attached hydrogens (primary N) is 1. The van der Waals surface area contributed by atoms with Gasteiger partial charge >= 0.3 is 0 Å². The Morgan fingerprint density at radius 2 is 2.17 bits per heavy atom. The zero-order valence-electron chi connectivity index (χ0n) is 9.68. The first-order chi connectivity index (χ1) is 8.42. The third kappa shape index (κ3) is 2.84. The summed E-state index contributed by atoms with van der Waals surface area (Å²) in [6.45, 7) is 1.98. The van der Waals surface area contributed by atoms with E-state index in [1.165, 1.54) is 11.3 Å². The lowest BCUT2D eigenvalue weighted by molar-refractivity contribution is 0.565. The van der Waals surface area contributed by atoms with Crippen molar-refractivity contribution >= 4 is 43.0 Å². The van der Waals surface area contributed by atoms with Crippen molar-refractivity contribution < 1.29 is 8.42 Å². The maximum atomic E-state index is 12.1. The van der Waals surface area contributed by atoms with Crippen LogP contribution < -0.4 is 10.5 Å². The van der Waals surface area contributed by atoms with E-state index in [0.717, 1.165) is 10.1 Å². The van der Waals surface area contributed by atoms with Crippen LogP contribution >= 0.6 is 22.9 Å². The van der Waals surface area contributed by atoms with Crippen LogP contribution in [0, 0.1) is 0 Å². The molecule has 2 aromatic rings. The van der Waals surface area contributed by atoms with E-state index in [0.29, 0.717) is 5.02 Å². The van der Waals surface area contributed by atoms with Gasteiger partial charge in [-0.1, -0.05) is 11.6 Å². The third-order valence-electron chi connectivity index (χ3n) is 2.43. The van der Waals surface area contributed by atoms with Gasteiger partial charge in [-0.05, 0) is 36.6 Å². The SMILES string of the molecule is C[C@@H](CN)NS(=O)(=O)c1cc2cc(Cl)ccc2s1. The van der Waals surface area contributed by atoms with E-state index in [-0.39, 0.29) is 16.8 Å². The first-order valence-electron chi connectivity index (χ1n) is 5.34. The van der Waals surface area contributed by atoms with Crippen molar-refractivity contribution in [2.75, 3.05) is 6.54 Å². The minimum atomic E-state index is -3.50. The Hall–Kier alpha value is -0.660. The van der Waals surface area contributed by atoms with E-state index >= 15 is 0 Å². The molecule has 0 aliphatic carbocycles. The molecule has 1 atom stereocenters. The fourth-order valence-electron chi connectivity index (χ4n) is 1.49. The zero-order valence-corrected chi connectivity index (χ0v) is 12.1. The van der Waals surface area contributed by atoms with Crippen molar-refractivity contribution in [2.24, 2.45) is 5.73 Å². The van der Waals surface area contributed by atoms with Crippen LogP contribution in [0.15, 0.2) is 28.5 Å². The predicted molar refractivity (Wildman–Crippen MR) is 75.7 cm³/mol. The average Bonchev–Trinajstić information content (AvgIpc) is 2.71. The number of nitrogens with one attached hydrogen (secondary N) is 1. The van der Waals surface area contributed by atoms with E-state index < -0.39 is 10.0 Å². The van der Waals surface area contributed by atoms with Gasteiger partial charge in [-0.3, -0.25) is 0 Å². The topological polar surface area (TPSA) is 72.2 Å². The van der Waals surface area contributed by atoms with Crippen LogP contribution in [-0.2, 0) is 10.0 Å². The molecule has 0 radical (unpaired) electrons. The molecule has 1 heterocycles. The molecule has 0 fully saturated rings. The second-order valence-electron chi connectivity index (χ2n) is 4.01. The van der Waals surface area contributed by atoms with Crippen LogP contribution in [-0.4, -0.2) is 21.0 Å². The second kappa shape index (κ2) is 5.14. The highest BCUT2D eigenvalue weighted by Gasteiger charge is 2.19. The number of halogens is 1. The summed E-state index contributed by atoms with van der Waals surface area (Å²) in [5, 5.41) is 1.42. The molecule has 3 N–H and O–H groups in total. The summed E-state index contributed by atoms with van der Waals surface area (Å²) in [4.78, 5) is 0. The molecule has 0 saturated heterocycles. The van der Waals surface area contributed by atoms with E-state index in [1.54, 1.807) is 25.1 Å². The molecule has 0 bridgehead atoms. The maximum absolute atomic E-state index is 12.1. The largest absolute Gasteiger partial charge is 0.329 e. The number of sulfonamides is 1. The van der Waals surface area contributed by atoms with Crippen LogP contribution in [0.1, 0.15) is 6.92 Å². The number of thiophene rings is 1. The van der Waals surface area contributed by atoms with Gasteiger partial charge in [0.05, 0.1) is 0 Å². The highest BCUT2D eigenvalue weighted by atomic mass is 35.5. The van der Waals surface area contributed by atoms with Crippen LogP contribution in [0.25, 0.3) is 10.1 Å². The summed E-state index contributed by atoms with van der Waals surface area (Å²) < 4.78 is 27.8. The molecular formula is C11H13ClN2O2S2. The first kappa shape index (κ1) is 13.8. The number of rotatable bonds is 4.